The quantitative estimate of drug-likeness (QED) is 0.885. The van der Waals surface area contributed by atoms with E-state index in [1.807, 2.05) is 0 Å². The van der Waals surface area contributed by atoms with E-state index in [1.165, 1.54) is 23.1 Å². The molecule has 0 aromatic carbocycles. The molecule has 0 amide bonds. The molecule has 0 unspecified atom stereocenters. The van der Waals surface area contributed by atoms with Crippen LogP contribution in [0.3, 0.4) is 0 Å². The molecule has 0 saturated heterocycles. The highest BCUT2D eigenvalue weighted by Gasteiger charge is 2.23. The zero-order valence-corrected chi connectivity index (χ0v) is 10.4. The monoisotopic (exact) mass is 233 g/mol. The van der Waals surface area contributed by atoms with Gasteiger partial charge < -0.3 is 5.32 Å². The van der Waals surface area contributed by atoms with Crippen LogP contribution in [-0.4, -0.2) is 16.0 Å². The Labute approximate surface area is 98.9 Å². The third-order valence-corrected chi connectivity index (χ3v) is 3.74. The average Bonchev–Trinajstić information content (AvgIpc) is 2.98. The summed E-state index contributed by atoms with van der Waals surface area (Å²) >= 11 is 1.75. The predicted octanol–water partition coefficient (Wildman–Crippen LogP) is 3.14. The molecule has 84 valence electrons. The van der Waals surface area contributed by atoms with Gasteiger partial charge in [0.05, 0.1) is 5.39 Å². The lowest BCUT2D eigenvalue weighted by Crippen LogP contribution is -2.05. The van der Waals surface area contributed by atoms with Gasteiger partial charge >= 0.3 is 0 Å². The van der Waals surface area contributed by atoms with Crippen LogP contribution < -0.4 is 5.32 Å². The molecule has 0 radical (unpaired) electrons. The van der Waals surface area contributed by atoms with Gasteiger partial charge in [0.2, 0.25) is 0 Å². The van der Waals surface area contributed by atoms with Gasteiger partial charge in [-0.05, 0) is 25.8 Å². The largest absolute Gasteiger partial charge is 0.367 e. The third kappa shape index (κ3) is 1.78. The van der Waals surface area contributed by atoms with E-state index in [2.05, 4.69) is 35.2 Å². The van der Waals surface area contributed by atoms with Crippen molar-refractivity contribution in [2.24, 2.45) is 0 Å². The molecular weight excluding hydrogens is 218 g/mol. The van der Waals surface area contributed by atoms with Crippen molar-refractivity contribution < 1.29 is 0 Å². The van der Waals surface area contributed by atoms with Gasteiger partial charge in [0.15, 0.2) is 0 Å². The maximum Gasteiger partial charge on any atom is 0.138 e. The van der Waals surface area contributed by atoms with Crippen molar-refractivity contribution in [2.75, 3.05) is 5.32 Å². The van der Waals surface area contributed by atoms with Crippen molar-refractivity contribution in [1.29, 1.82) is 0 Å². The van der Waals surface area contributed by atoms with Crippen LogP contribution in [0.15, 0.2) is 6.07 Å². The topological polar surface area (TPSA) is 37.8 Å². The molecule has 2 aromatic heterocycles. The molecule has 2 heterocycles. The normalized spacial score (nSPS) is 15.6. The van der Waals surface area contributed by atoms with E-state index in [0.717, 1.165) is 22.9 Å². The van der Waals surface area contributed by atoms with E-state index in [0.29, 0.717) is 6.04 Å². The zero-order valence-electron chi connectivity index (χ0n) is 9.58. The van der Waals surface area contributed by atoms with Crippen molar-refractivity contribution in [1.82, 2.24) is 9.97 Å². The molecule has 3 rings (SSSR count). The van der Waals surface area contributed by atoms with Crippen LogP contribution in [0.1, 0.15) is 30.5 Å². The molecule has 1 saturated carbocycles. The number of nitrogens with zero attached hydrogens (tertiary/aromatic N) is 2. The summed E-state index contributed by atoms with van der Waals surface area (Å²) in [5, 5.41) is 4.69. The number of thiophene rings is 1. The van der Waals surface area contributed by atoms with Crippen LogP contribution in [0.5, 0.6) is 0 Å². The zero-order chi connectivity index (χ0) is 11.1. The number of hydrogen-bond donors (Lipinski definition) is 1. The first-order chi connectivity index (χ1) is 7.76. The molecule has 1 N–H and O–H groups in total. The molecule has 0 spiro atoms. The van der Waals surface area contributed by atoms with Gasteiger partial charge in [-0.15, -0.1) is 11.3 Å². The average molecular weight is 233 g/mol. The maximum atomic E-state index is 4.60. The number of aryl methyl sites for hydroxylation is 2. The SMILES string of the molecule is CCc1nc(NC2CC2)c2cc(C)sc2n1. The van der Waals surface area contributed by atoms with E-state index in [9.17, 15) is 0 Å². The van der Waals surface area contributed by atoms with E-state index in [4.69, 9.17) is 0 Å². The first kappa shape index (κ1) is 10.0. The molecule has 0 bridgehead atoms. The summed E-state index contributed by atoms with van der Waals surface area (Å²) in [5.41, 5.74) is 0. The molecule has 1 aliphatic rings. The summed E-state index contributed by atoms with van der Waals surface area (Å²) < 4.78 is 0. The number of anilines is 1. The lowest BCUT2D eigenvalue weighted by Gasteiger charge is -2.06. The Balaban J connectivity index is 2.12. The fourth-order valence-electron chi connectivity index (χ4n) is 1.78. The van der Waals surface area contributed by atoms with Gasteiger partial charge in [0, 0.05) is 17.3 Å². The van der Waals surface area contributed by atoms with Gasteiger partial charge in [-0.1, -0.05) is 6.92 Å². The van der Waals surface area contributed by atoms with Gasteiger partial charge in [-0.2, -0.15) is 0 Å². The minimum atomic E-state index is 0.642. The van der Waals surface area contributed by atoms with Crippen molar-refractivity contribution in [3.63, 3.8) is 0 Å². The Hall–Kier alpha value is -1.16. The number of fused-ring (bicyclic) bond motifs is 1. The van der Waals surface area contributed by atoms with Gasteiger partial charge in [0.25, 0.3) is 0 Å². The van der Waals surface area contributed by atoms with Crippen LogP contribution in [0.2, 0.25) is 0 Å². The second kappa shape index (κ2) is 3.70. The highest BCUT2D eigenvalue weighted by molar-refractivity contribution is 7.18. The van der Waals surface area contributed by atoms with E-state index >= 15 is 0 Å². The number of rotatable bonds is 3. The Bertz CT molecular complexity index is 528. The molecule has 0 aliphatic heterocycles. The molecule has 1 aliphatic carbocycles. The summed E-state index contributed by atoms with van der Waals surface area (Å²) in [6.45, 7) is 4.22. The first-order valence-electron chi connectivity index (χ1n) is 5.80. The lowest BCUT2D eigenvalue weighted by molar-refractivity contribution is 0.956. The fraction of sp³-hybridized carbons (Fsp3) is 0.500. The standard InChI is InChI=1S/C12H15N3S/c1-3-10-14-11(13-8-4-5-8)9-6-7(2)16-12(9)15-10/h6,8H,3-5H2,1-2H3,(H,13,14,15). The molecule has 3 nitrogen and oxygen atoms in total. The third-order valence-electron chi connectivity index (χ3n) is 2.80. The van der Waals surface area contributed by atoms with Crippen LogP contribution in [0, 0.1) is 6.92 Å². The predicted molar refractivity (Wildman–Crippen MR) is 68.2 cm³/mol. The number of hydrogen-bond acceptors (Lipinski definition) is 4. The molecule has 1 fully saturated rings. The van der Waals surface area contributed by atoms with Crippen molar-refractivity contribution in [3.05, 3.63) is 16.8 Å². The summed E-state index contributed by atoms with van der Waals surface area (Å²) in [6, 6.07) is 2.83. The van der Waals surface area contributed by atoms with Gasteiger partial charge in [0.1, 0.15) is 16.5 Å². The second-order valence-corrected chi connectivity index (χ2v) is 5.57. The number of aromatic nitrogens is 2. The summed E-state index contributed by atoms with van der Waals surface area (Å²) in [7, 11) is 0. The van der Waals surface area contributed by atoms with Gasteiger partial charge in [-0.25, -0.2) is 9.97 Å². The summed E-state index contributed by atoms with van der Waals surface area (Å²) in [4.78, 5) is 11.6. The summed E-state index contributed by atoms with van der Waals surface area (Å²) in [5.74, 6) is 1.98. The molecule has 2 aromatic rings. The van der Waals surface area contributed by atoms with Crippen molar-refractivity contribution >= 4 is 27.4 Å². The Morgan fingerprint density at radius 3 is 2.94 bits per heavy atom. The van der Waals surface area contributed by atoms with Crippen LogP contribution in [-0.2, 0) is 6.42 Å². The maximum absolute atomic E-state index is 4.60. The molecule has 0 atom stereocenters. The molecular formula is C12H15N3S. The highest BCUT2D eigenvalue weighted by atomic mass is 32.1. The van der Waals surface area contributed by atoms with E-state index in [1.54, 1.807) is 11.3 Å². The minimum Gasteiger partial charge on any atom is -0.367 e. The highest BCUT2D eigenvalue weighted by Crippen LogP contribution is 2.32. The molecule has 4 heteroatoms. The van der Waals surface area contributed by atoms with Crippen molar-refractivity contribution in [2.45, 2.75) is 39.2 Å². The fourth-order valence-corrected chi connectivity index (χ4v) is 2.67. The Morgan fingerprint density at radius 2 is 2.25 bits per heavy atom. The minimum absolute atomic E-state index is 0.642. The Kier molecular flexibility index (Phi) is 2.32. The Morgan fingerprint density at radius 1 is 1.44 bits per heavy atom. The van der Waals surface area contributed by atoms with Crippen LogP contribution in [0.25, 0.3) is 10.2 Å². The van der Waals surface area contributed by atoms with Crippen LogP contribution >= 0.6 is 11.3 Å². The summed E-state index contributed by atoms with van der Waals surface area (Å²) in [6.07, 6.45) is 3.44. The second-order valence-electron chi connectivity index (χ2n) is 4.34. The first-order valence-corrected chi connectivity index (χ1v) is 6.61. The molecule has 16 heavy (non-hydrogen) atoms. The van der Waals surface area contributed by atoms with Gasteiger partial charge in [-0.3, -0.25) is 0 Å². The smallest absolute Gasteiger partial charge is 0.138 e. The number of nitrogens with one attached hydrogen (secondary N) is 1. The van der Waals surface area contributed by atoms with Crippen LogP contribution in [0.4, 0.5) is 5.82 Å². The lowest BCUT2D eigenvalue weighted by atomic mass is 10.3. The van der Waals surface area contributed by atoms with E-state index in [-0.39, 0.29) is 0 Å². The van der Waals surface area contributed by atoms with E-state index < -0.39 is 0 Å². The van der Waals surface area contributed by atoms with Crippen molar-refractivity contribution in [3.8, 4) is 0 Å².